The third-order valence-corrected chi connectivity index (χ3v) is 3.16. The number of carbonyl (C=O) groups is 1. The van der Waals surface area contributed by atoms with Crippen LogP contribution < -0.4 is 4.74 Å². The van der Waals surface area contributed by atoms with Gasteiger partial charge in [-0.25, -0.2) is 4.98 Å². The third-order valence-electron chi connectivity index (χ3n) is 3.16. The van der Waals surface area contributed by atoms with Crippen molar-refractivity contribution in [2.75, 3.05) is 20.2 Å². The molecule has 18 heavy (non-hydrogen) atoms. The minimum Gasteiger partial charge on any atom is -0.481 e. The molecule has 2 heterocycles. The van der Waals surface area contributed by atoms with Crippen LogP contribution in [-0.4, -0.2) is 36.0 Å². The predicted octanol–water partition coefficient (Wildman–Crippen LogP) is 1.47. The molecule has 94 valence electrons. The fourth-order valence-corrected chi connectivity index (χ4v) is 2.02. The van der Waals surface area contributed by atoms with E-state index in [1.54, 1.807) is 17.0 Å². The van der Waals surface area contributed by atoms with E-state index in [0.717, 1.165) is 12.8 Å². The van der Waals surface area contributed by atoms with Crippen molar-refractivity contribution in [2.45, 2.75) is 12.8 Å². The highest BCUT2D eigenvalue weighted by Crippen LogP contribution is 2.18. The molecule has 1 amide bonds. The summed E-state index contributed by atoms with van der Waals surface area (Å²) in [6.07, 6.45) is 3.04. The summed E-state index contributed by atoms with van der Waals surface area (Å²) >= 11 is 0. The Labute approximate surface area is 106 Å². The number of pyridine rings is 1. The van der Waals surface area contributed by atoms with Gasteiger partial charge in [0.25, 0.3) is 5.91 Å². The number of piperidine rings is 1. The van der Waals surface area contributed by atoms with Gasteiger partial charge in [0.2, 0.25) is 5.88 Å². The first-order valence-electron chi connectivity index (χ1n) is 5.93. The van der Waals surface area contributed by atoms with Gasteiger partial charge in [-0.2, -0.15) is 5.26 Å². The highest BCUT2D eigenvalue weighted by molar-refractivity contribution is 5.94. The van der Waals surface area contributed by atoms with Crippen LogP contribution in [0, 0.1) is 17.2 Å². The van der Waals surface area contributed by atoms with Crippen LogP contribution in [0.1, 0.15) is 23.2 Å². The first kappa shape index (κ1) is 12.4. The van der Waals surface area contributed by atoms with E-state index in [2.05, 4.69) is 11.1 Å². The summed E-state index contributed by atoms with van der Waals surface area (Å²) in [5, 5.41) is 8.81. The maximum Gasteiger partial charge on any atom is 0.255 e. The average molecular weight is 245 g/mol. The molecule has 1 aromatic rings. The van der Waals surface area contributed by atoms with E-state index in [-0.39, 0.29) is 11.8 Å². The first-order chi connectivity index (χ1) is 8.74. The van der Waals surface area contributed by atoms with Gasteiger partial charge in [0.15, 0.2) is 0 Å². The number of aromatic nitrogens is 1. The van der Waals surface area contributed by atoms with Crippen LogP contribution in [0.4, 0.5) is 0 Å². The van der Waals surface area contributed by atoms with E-state index in [9.17, 15) is 4.79 Å². The zero-order valence-electron chi connectivity index (χ0n) is 10.3. The Morgan fingerprint density at radius 1 is 1.50 bits per heavy atom. The third kappa shape index (κ3) is 2.59. The summed E-state index contributed by atoms with van der Waals surface area (Å²) in [7, 11) is 1.54. The molecular weight excluding hydrogens is 230 g/mol. The molecule has 0 spiro atoms. The van der Waals surface area contributed by atoms with Crippen molar-refractivity contribution in [3.8, 4) is 11.9 Å². The van der Waals surface area contributed by atoms with Gasteiger partial charge in [-0.3, -0.25) is 4.79 Å². The minimum absolute atomic E-state index is 0.0263. The average Bonchev–Trinajstić information content (AvgIpc) is 2.47. The van der Waals surface area contributed by atoms with Crippen LogP contribution in [0.25, 0.3) is 0 Å². The van der Waals surface area contributed by atoms with Gasteiger partial charge in [0.1, 0.15) is 0 Å². The van der Waals surface area contributed by atoms with Gasteiger partial charge < -0.3 is 9.64 Å². The van der Waals surface area contributed by atoms with Crippen LogP contribution in [0.2, 0.25) is 0 Å². The van der Waals surface area contributed by atoms with E-state index in [1.165, 1.54) is 13.3 Å². The molecule has 1 fully saturated rings. The van der Waals surface area contributed by atoms with Gasteiger partial charge in [-0.1, -0.05) is 0 Å². The number of hydrogen-bond donors (Lipinski definition) is 0. The molecular formula is C13H15N3O2. The van der Waals surface area contributed by atoms with Gasteiger partial charge in [-0.15, -0.1) is 0 Å². The Morgan fingerprint density at radius 3 is 2.72 bits per heavy atom. The van der Waals surface area contributed by atoms with E-state index >= 15 is 0 Å². The predicted molar refractivity (Wildman–Crippen MR) is 65.0 cm³/mol. The largest absolute Gasteiger partial charge is 0.481 e. The zero-order chi connectivity index (χ0) is 13.0. The number of carbonyl (C=O) groups excluding carboxylic acids is 1. The molecule has 0 bridgehead atoms. The molecule has 0 aromatic carbocycles. The molecule has 0 saturated carbocycles. The summed E-state index contributed by atoms with van der Waals surface area (Å²) in [4.78, 5) is 18.0. The second-order valence-electron chi connectivity index (χ2n) is 4.28. The van der Waals surface area contributed by atoms with Gasteiger partial charge in [0, 0.05) is 31.3 Å². The van der Waals surface area contributed by atoms with E-state index in [1.807, 2.05) is 0 Å². The molecule has 1 aliphatic rings. The van der Waals surface area contributed by atoms with Crippen molar-refractivity contribution in [1.82, 2.24) is 9.88 Å². The Balaban J connectivity index is 2.01. The topological polar surface area (TPSA) is 66.2 Å². The SMILES string of the molecule is COc1ccc(C(=O)N2CCC(C#N)CC2)cn1. The van der Waals surface area contributed by atoms with Crippen LogP contribution in [0.3, 0.4) is 0 Å². The molecule has 0 unspecified atom stereocenters. The van der Waals surface area contributed by atoms with Crippen LogP contribution in [0.5, 0.6) is 5.88 Å². The van der Waals surface area contributed by atoms with Crippen molar-refractivity contribution >= 4 is 5.91 Å². The quantitative estimate of drug-likeness (QED) is 0.791. The number of methoxy groups -OCH3 is 1. The monoisotopic (exact) mass is 245 g/mol. The first-order valence-corrected chi connectivity index (χ1v) is 5.93. The van der Waals surface area contributed by atoms with Crippen LogP contribution in [0.15, 0.2) is 18.3 Å². The smallest absolute Gasteiger partial charge is 0.255 e. The Morgan fingerprint density at radius 2 is 2.22 bits per heavy atom. The second-order valence-corrected chi connectivity index (χ2v) is 4.28. The summed E-state index contributed by atoms with van der Waals surface area (Å²) in [6, 6.07) is 5.64. The summed E-state index contributed by atoms with van der Waals surface area (Å²) in [6.45, 7) is 1.28. The molecule has 5 heteroatoms. The highest BCUT2D eigenvalue weighted by atomic mass is 16.5. The maximum atomic E-state index is 12.2. The van der Waals surface area contributed by atoms with Gasteiger partial charge in [-0.05, 0) is 18.9 Å². The van der Waals surface area contributed by atoms with E-state index in [4.69, 9.17) is 10.00 Å². The molecule has 1 saturated heterocycles. The Hall–Kier alpha value is -2.09. The van der Waals surface area contributed by atoms with Gasteiger partial charge >= 0.3 is 0 Å². The molecule has 1 aliphatic heterocycles. The lowest BCUT2D eigenvalue weighted by Crippen LogP contribution is -2.38. The van der Waals surface area contributed by atoms with Crippen molar-refractivity contribution < 1.29 is 9.53 Å². The van der Waals surface area contributed by atoms with Crippen molar-refractivity contribution in [1.29, 1.82) is 5.26 Å². The van der Waals surface area contributed by atoms with Crippen molar-refractivity contribution in [3.05, 3.63) is 23.9 Å². The van der Waals surface area contributed by atoms with Crippen molar-refractivity contribution in [3.63, 3.8) is 0 Å². The second kappa shape index (κ2) is 5.50. The number of nitrogens with zero attached hydrogens (tertiary/aromatic N) is 3. The number of amides is 1. The van der Waals surface area contributed by atoms with Crippen LogP contribution in [-0.2, 0) is 0 Å². The fourth-order valence-electron chi connectivity index (χ4n) is 2.02. The zero-order valence-corrected chi connectivity index (χ0v) is 10.3. The minimum atomic E-state index is -0.0263. The number of nitriles is 1. The standard InChI is InChI=1S/C13H15N3O2/c1-18-12-3-2-11(9-15-12)13(17)16-6-4-10(8-14)5-7-16/h2-3,9-10H,4-7H2,1H3. The molecule has 5 nitrogen and oxygen atoms in total. The molecule has 0 radical (unpaired) electrons. The molecule has 0 N–H and O–H groups in total. The molecule has 0 aliphatic carbocycles. The van der Waals surface area contributed by atoms with Crippen molar-refractivity contribution in [2.24, 2.45) is 5.92 Å². The summed E-state index contributed by atoms with van der Waals surface area (Å²) in [5.41, 5.74) is 0.561. The molecule has 1 aromatic heterocycles. The van der Waals surface area contributed by atoms with E-state index < -0.39 is 0 Å². The number of likely N-dealkylation sites (tertiary alicyclic amines) is 1. The number of ether oxygens (including phenoxy) is 1. The van der Waals surface area contributed by atoms with E-state index in [0.29, 0.717) is 24.5 Å². The summed E-state index contributed by atoms with van der Waals surface area (Å²) < 4.78 is 4.95. The normalized spacial score (nSPS) is 16.1. The number of rotatable bonds is 2. The lowest BCUT2D eigenvalue weighted by Gasteiger charge is -2.29. The fraction of sp³-hybridized carbons (Fsp3) is 0.462. The Bertz CT molecular complexity index is 456. The number of hydrogen-bond acceptors (Lipinski definition) is 4. The van der Waals surface area contributed by atoms with Crippen LogP contribution >= 0.6 is 0 Å². The summed E-state index contributed by atoms with van der Waals surface area (Å²) in [5.74, 6) is 0.555. The lowest BCUT2D eigenvalue weighted by molar-refractivity contribution is 0.0707. The lowest BCUT2D eigenvalue weighted by atomic mass is 9.98. The molecule has 0 atom stereocenters. The highest BCUT2D eigenvalue weighted by Gasteiger charge is 2.23. The van der Waals surface area contributed by atoms with Gasteiger partial charge in [0.05, 0.1) is 18.7 Å². The Kier molecular flexibility index (Phi) is 3.78. The molecule has 2 rings (SSSR count). The maximum absolute atomic E-state index is 12.2.